The van der Waals surface area contributed by atoms with Crippen LogP contribution < -0.4 is 4.90 Å². The minimum Gasteiger partial charge on any atom is -0.378 e. The highest BCUT2D eigenvalue weighted by molar-refractivity contribution is 6.22. The molecular weight excluding hydrogens is 408 g/mol. The molecule has 2 aromatic rings. The predicted octanol–water partition coefficient (Wildman–Crippen LogP) is 1.72. The number of fused-ring (bicyclic) bond motifs is 1. The van der Waals surface area contributed by atoms with Gasteiger partial charge in [-0.15, -0.1) is 0 Å². The van der Waals surface area contributed by atoms with Gasteiger partial charge in [0.2, 0.25) is 5.91 Å². The van der Waals surface area contributed by atoms with Crippen molar-refractivity contribution in [3.05, 3.63) is 65.2 Å². The Hall–Kier alpha value is -3.68. The molecule has 8 nitrogen and oxygen atoms in total. The van der Waals surface area contributed by atoms with Crippen molar-refractivity contribution in [2.45, 2.75) is 13.0 Å². The fourth-order valence-corrected chi connectivity index (χ4v) is 4.15. The molecule has 0 spiro atoms. The Morgan fingerprint density at radius 2 is 1.31 bits per heavy atom. The predicted molar refractivity (Wildman–Crippen MR) is 120 cm³/mol. The topological polar surface area (TPSA) is 81.2 Å². The molecule has 2 aliphatic heterocycles. The van der Waals surface area contributed by atoms with Gasteiger partial charge in [-0.1, -0.05) is 12.1 Å². The maximum Gasteiger partial charge on any atom is 0.262 e. The van der Waals surface area contributed by atoms with E-state index >= 15 is 0 Å². The summed E-state index contributed by atoms with van der Waals surface area (Å²) < 4.78 is 0. The molecule has 0 radical (unpaired) electrons. The molecule has 2 aliphatic rings. The first-order chi connectivity index (χ1) is 15.3. The van der Waals surface area contributed by atoms with E-state index in [9.17, 15) is 19.2 Å². The largest absolute Gasteiger partial charge is 0.378 e. The van der Waals surface area contributed by atoms with Gasteiger partial charge in [0.05, 0.1) is 11.1 Å². The van der Waals surface area contributed by atoms with Crippen LogP contribution in [0, 0.1) is 0 Å². The summed E-state index contributed by atoms with van der Waals surface area (Å²) in [5.74, 6) is -1.25. The van der Waals surface area contributed by atoms with E-state index in [1.807, 2.05) is 31.1 Å². The molecule has 2 aromatic carbocycles. The maximum atomic E-state index is 13.0. The van der Waals surface area contributed by atoms with Gasteiger partial charge in [0, 0.05) is 51.5 Å². The van der Waals surface area contributed by atoms with Crippen LogP contribution in [0.25, 0.3) is 0 Å². The molecule has 166 valence electrons. The van der Waals surface area contributed by atoms with Gasteiger partial charge in [0.25, 0.3) is 17.7 Å². The van der Waals surface area contributed by atoms with E-state index in [1.165, 1.54) is 0 Å². The van der Waals surface area contributed by atoms with E-state index in [1.54, 1.807) is 53.1 Å². The fraction of sp³-hybridized carbons (Fsp3) is 0.333. The first-order valence-electron chi connectivity index (χ1n) is 10.6. The van der Waals surface area contributed by atoms with Crippen molar-refractivity contribution in [1.29, 1.82) is 0 Å². The molecule has 0 saturated carbocycles. The van der Waals surface area contributed by atoms with E-state index in [0.29, 0.717) is 42.9 Å². The van der Waals surface area contributed by atoms with Crippen molar-refractivity contribution < 1.29 is 19.2 Å². The first-order valence-corrected chi connectivity index (χ1v) is 10.6. The standard InChI is InChI=1S/C24H26N4O4/c1-16(28-23(31)19-6-4-5-7-20(19)24(28)32)21(29)26-12-14-27(15-13-26)22(30)17-8-10-18(11-9-17)25(2)3/h4-11,16H,12-15H2,1-3H3. The smallest absolute Gasteiger partial charge is 0.262 e. The Morgan fingerprint density at radius 3 is 1.81 bits per heavy atom. The number of amides is 4. The lowest BCUT2D eigenvalue weighted by Crippen LogP contribution is -2.56. The van der Waals surface area contributed by atoms with E-state index in [2.05, 4.69) is 0 Å². The average Bonchev–Trinajstić information content (AvgIpc) is 3.08. The highest BCUT2D eigenvalue weighted by Crippen LogP contribution is 2.25. The highest BCUT2D eigenvalue weighted by Gasteiger charge is 2.42. The Kier molecular flexibility index (Phi) is 5.69. The van der Waals surface area contributed by atoms with Crippen molar-refractivity contribution in [2.24, 2.45) is 0 Å². The number of rotatable bonds is 4. The van der Waals surface area contributed by atoms with E-state index in [-0.39, 0.29) is 11.8 Å². The maximum absolute atomic E-state index is 13.0. The number of carbonyl (C=O) groups is 4. The SMILES string of the molecule is CC(C(=O)N1CCN(C(=O)c2ccc(N(C)C)cc2)CC1)N1C(=O)c2ccccc2C1=O. The zero-order chi connectivity index (χ0) is 23.0. The van der Waals surface area contributed by atoms with Crippen molar-refractivity contribution in [2.75, 3.05) is 45.2 Å². The molecule has 1 saturated heterocycles. The minimum absolute atomic E-state index is 0.0733. The number of nitrogens with zero attached hydrogens (tertiary/aromatic N) is 4. The molecule has 2 heterocycles. The van der Waals surface area contributed by atoms with Gasteiger partial charge in [-0.05, 0) is 43.3 Å². The van der Waals surface area contributed by atoms with Crippen LogP contribution in [0.4, 0.5) is 5.69 Å². The lowest BCUT2D eigenvalue weighted by Gasteiger charge is -2.37. The van der Waals surface area contributed by atoms with Gasteiger partial charge in [-0.3, -0.25) is 24.1 Å². The Bertz CT molecular complexity index is 1040. The average molecular weight is 434 g/mol. The van der Waals surface area contributed by atoms with Gasteiger partial charge in [0.1, 0.15) is 6.04 Å². The fourth-order valence-electron chi connectivity index (χ4n) is 4.15. The number of carbonyl (C=O) groups excluding carboxylic acids is 4. The number of hydrogen-bond donors (Lipinski definition) is 0. The summed E-state index contributed by atoms with van der Waals surface area (Å²) in [6.07, 6.45) is 0. The lowest BCUT2D eigenvalue weighted by molar-refractivity contribution is -0.136. The normalized spacial score (nSPS) is 16.8. The molecule has 0 N–H and O–H groups in total. The van der Waals surface area contributed by atoms with E-state index < -0.39 is 17.9 Å². The molecule has 8 heteroatoms. The molecule has 0 aliphatic carbocycles. The van der Waals surface area contributed by atoms with Crippen LogP contribution in [0.1, 0.15) is 38.0 Å². The van der Waals surface area contributed by atoms with Crippen molar-refractivity contribution in [3.8, 4) is 0 Å². The molecular formula is C24H26N4O4. The molecule has 32 heavy (non-hydrogen) atoms. The lowest BCUT2D eigenvalue weighted by atomic mass is 10.1. The molecule has 0 bridgehead atoms. The Morgan fingerprint density at radius 1 is 0.812 bits per heavy atom. The van der Waals surface area contributed by atoms with Gasteiger partial charge in [-0.25, -0.2) is 0 Å². The monoisotopic (exact) mass is 434 g/mol. The van der Waals surface area contributed by atoms with Crippen molar-refractivity contribution in [1.82, 2.24) is 14.7 Å². The molecule has 0 aromatic heterocycles. The Labute approximate surface area is 187 Å². The second kappa shape index (κ2) is 8.45. The van der Waals surface area contributed by atoms with Gasteiger partial charge >= 0.3 is 0 Å². The Balaban J connectivity index is 1.38. The minimum atomic E-state index is -0.900. The molecule has 1 atom stereocenters. The number of benzene rings is 2. The third-order valence-corrected chi connectivity index (χ3v) is 6.08. The van der Waals surface area contributed by atoms with Crippen LogP contribution in [-0.2, 0) is 4.79 Å². The van der Waals surface area contributed by atoms with Crippen LogP contribution >= 0.6 is 0 Å². The second-order valence-corrected chi connectivity index (χ2v) is 8.26. The van der Waals surface area contributed by atoms with Crippen LogP contribution in [-0.4, -0.2) is 84.6 Å². The first kappa shape index (κ1) is 21.5. The van der Waals surface area contributed by atoms with Crippen LogP contribution in [0.3, 0.4) is 0 Å². The zero-order valence-electron chi connectivity index (χ0n) is 18.4. The van der Waals surface area contributed by atoms with Gasteiger partial charge < -0.3 is 14.7 Å². The molecule has 1 unspecified atom stereocenters. The number of anilines is 1. The summed E-state index contributed by atoms with van der Waals surface area (Å²) in [4.78, 5) is 57.6. The summed E-state index contributed by atoms with van der Waals surface area (Å²) in [7, 11) is 3.88. The summed E-state index contributed by atoms with van der Waals surface area (Å²) in [5.41, 5.74) is 2.27. The van der Waals surface area contributed by atoms with Gasteiger partial charge in [-0.2, -0.15) is 0 Å². The molecule has 4 amide bonds. The number of hydrogen-bond acceptors (Lipinski definition) is 5. The third-order valence-electron chi connectivity index (χ3n) is 6.08. The van der Waals surface area contributed by atoms with Crippen molar-refractivity contribution >= 4 is 29.3 Å². The quantitative estimate of drug-likeness (QED) is 0.685. The van der Waals surface area contributed by atoms with Crippen LogP contribution in [0.15, 0.2) is 48.5 Å². The zero-order valence-corrected chi connectivity index (χ0v) is 18.4. The molecule has 4 rings (SSSR count). The van der Waals surface area contributed by atoms with Crippen LogP contribution in [0.2, 0.25) is 0 Å². The van der Waals surface area contributed by atoms with Crippen LogP contribution in [0.5, 0.6) is 0 Å². The summed E-state index contributed by atoms with van der Waals surface area (Å²) in [6, 6.07) is 13.1. The summed E-state index contributed by atoms with van der Waals surface area (Å²) in [5, 5.41) is 0. The van der Waals surface area contributed by atoms with Crippen molar-refractivity contribution in [3.63, 3.8) is 0 Å². The van der Waals surface area contributed by atoms with E-state index in [0.717, 1.165) is 10.6 Å². The number of piperazine rings is 1. The van der Waals surface area contributed by atoms with Gasteiger partial charge in [0.15, 0.2) is 0 Å². The summed E-state index contributed by atoms with van der Waals surface area (Å²) >= 11 is 0. The summed E-state index contributed by atoms with van der Waals surface area (Å²) in [6.45, 7) is 3.08. The highest BCUT2D eigenvalue weighted by atomic mass is 16.2. The third kappa shape index (κ3) is 3.72. The second-order valence-electron chi connectivity index (χ2n) is 8.26. The number of imide groups is 1. The van der Waals surface area contributed by atoms with E-state index in [4.69, 9.17) is 0 Å². The molecule has 1 fully saturated rings.